The summed E-state index contributed by atoms with van der Waals surface area (Å²) in [5.41, 5.74) is 2.08. The van der Waals surface area contributed by atoms with E-state index in [4.69, 9.17) is 4.74 Å². The molecule has 1 aliphatic heterocycles. The van der Waals surface area contributed by atoms with E-state index in [9.17, 15) is 4.79 Å². The van der Waals surface area contributed by atoms with Crippen LogP contribution in [-0.2, 0) is 4.79 Å². The van der Waals surface area contributed by atoms with Crippen molar-refractivity contribution >= 4 is 11.6 Å². The number of carbonyl (C=O) groups is 1. The number of carbonyl (C=O) groups excluding carboxylic acids is 1. The number of likely N-dealkylation sites (tertiary alicyclic amines) is 1. The van der Waals surface area contributed by atoms with Gasteiger partial charge >= 0.3 is 0 Å². The summed E-state index contributed by atoms with van der Waals surface area (Å²) in [7, 11) is 0. The topological polar surface area (TPSA) is 54.5 Å². The summed E-state index contributed by atoms with van der Waals surface area (Å²) in [6.45, 7) is 5.99. The minimum atomic E-state index is -0.0695. The van der Waals surface area contributed by atoms with Crippen LogP contribution >= 0.6 is 0 Å². The molecule has 1 aromatic carbocycles. The number of aromatic nitrogens is 1. The minimum absolute atomic E-state index is 0.0690. The lowest BCUT2D eigenvalue weighted by molar-refractivity contribution is -0.122. The first-order chi connectivity index (χ1) is 13.2. The largest absolute Gasteiger partial charge is 0.456 e. The third kappa shape index (κ3) is 5.41. The molecule has 1 unspecified atom stereocenters. The van der Waals surface area contributed by atoms with Crippen molar-refractivity contribution in [3.05, 3.63) is 60.4 Å². The van der Waals surface area contributed by atoms with E-state index in [1.807, 2.05) is 43.3 Å². The molecular weight excluding hydrogens is 338 g/mol. The zero-order valence-corrected chi connectivity index (χ0v) is 16.0. The Kier molecular flexibility index (Phi) is 6.60. The SMILES string of the molecule is C/C=C(\C)CN1CCCCC1C(=O)Nc1ccc(Oc2cccnc2)cc1. The molecule has 0 spiro atoms. The highest BCUT2D eigenvalue weighted by Crippen LogP contribution is 2.24. The van der Waals surface area contributed by atoms with Crippen LogP contribution in [0.15, 0.2) is 60.4 Å². The number of hydrogen-bond donors (Lipinski definition) is 1. The maximum absolute atomic E-state index is 12.8. The summed E-state index contributed by atoms with van der Waals surface area (Å²) in [5, 5.41) is 3.06. The van der Waals surface area contributed by atoms with E-state index < -0.39 is 0 Å². The molecule has 1 N–H and O–H groups in total. The molecule has 1 amide bonds. The maximum atomic E-state index is 12.8. The molecule has 1 saturated heterocycles. The zero-order valence-electron chi connectivity index (χ0n) is 16.0. The van der Waals surface area contributed by atoms with Gasteiger partial charge in [0.05, 0.1) is 12.2 Å². The summed E-state index contributed by atoms with van der Waals surface area (Å²) in [5.74, 6) is 1.47. The molecule has 2 aromatic rings. The molecule has 1 atom stereocenters. The highest BCUT2D eigenvalue weighted by molar-refractivity contribution is 5.95. The third-order valence-corrected chi connectivity index (χ3v) is 4.85. The molecule has 2 heterocycles. The first-order valence-corrected chi connectivity index (χ1v) is 9.50. The van der Waals surface area contributed by atoms with Gasteiger partial charge in [0.15, 0.2) is 0 Å². The van der Waals surface area contributed by atoms with Gasteiger partial charge in [-0.2, -0.15) is 0 Å². The lowest BCUT2D eigenvalue weighted by Crippen LogP contribution is -2.47. The number of benzene rings is 1. The summed E-state index contributed by atoms with van der Waals surface area (Å²) < 4.78 is 5.74. The number of nitrogens with zero attached hydrogens (tertiary/aromatic N) is 2. The van der Waals surface area contributed by atoms with Crippen LogP contribution in [0.4, 0.5) is 5.69 Å². The summed E-state index contributed by atoms with van der Waals surface area (Å²) in [6, 6.07) is 11.1. The molecule has 142 valence electrons. The van der Waals surface area contributed by atoms with Gasteiger partial charge in [-0.25, -0.2) is 0 Å². The molecular formula is C22H27N3O2. The molecule has 0 aliphatic carbocycles. The van der Waals surface area contributed by atoms with E-state index in [0.29, 0.717) is 11.5 Å². The van der Waals surface area contributed by atoms with Crippen molar-refractivity contribution in [3.8, 4) is 11.5 Å². The second-order valence-corrected chi connectivity index (χ2v) is 6.92. The summed E-state index contributed by atoms with van der Waals surface area (Å²) >= 11 is 0. The van der Waals surface area contributed by atoms with Crippen LogP contribution < -0.4 is 10.1 Å². The molecule has 0 radical (unpaired) electrons. The van der Waals surface area contributed by atoms with Gasteiger partial charge in [0.2, 0.25) is 5.91 Å². The van der Waals surface area contributed by atoms with Crippen molar-refractivity contribution in [3.63, 3.8) is 0 Å². The maximum Gasteiger partial charge on any atom is 0.241 e. The fourth-order valence-corrected chi connectivity index (χ4v) is 3.26. The first-order valence-electron chi connectivity index (χ1n) is 9.50. The smallest absolute Gasteiger partial charge is 0.241 e. The van der Waals surface area contributed by atoms with Crippen LogP contribution in [0.25, 0.3) is 0 Å². The van der Waals surface area contributed by atoms with E-state index in [1.54, 1.807) is 12.4 Å². The van der Waals surface area contributed by atoms with Gasteiger partial charge < -0.3 is 10.1 Å². The number of ether oxygens (including phenoxy) is 1. The molecule has 5 heteroatoms. The highest BCUT2D eigenvalue weighted by atomic mass is 16.5. The van der Waals surface area contributed by atoms with Crippen LogP contribution in [0, 0.1) is 0 Å². The Morgan fingerprint density at radius 3 is 2.78 bits per heavy atom. The van der Waals surface area contributed by atoms with E-state index in [0.717, 1.165) is 38.0 Å². The number of hydrogen-bond acceptors (Lipinski definition) is 4. The highest BCUT2D eigenvalue weighted by Gasteiger charge is 2.28. The second kappa shape index (κ2) is 9.33. The number of pyridine rings is 1. The number of nitrogens with one attached hydrogen (secondary N) is 1. The van der Waals surface area contributed by atoms with Crippen molar-refractivity contribution in [1.29, 1.82) is 0 Å². The molecule has 3 rings (SSSR count). The quantitative estimate of drug-likeness (QED) is 0.758. The van der Waals surface area contributed by atoms with Crippen LogP contribution in [-0.4, -0.2) is 34.9 Å². The molecule has 1 aliphatic rings. The predicted molar refractivity (Wildman–Crippen MR) is 108 cm³/mol. The van der Waals surface area contributed by atoms with Crippen molar-refractivity contribution in [2.75, 3.05) is 18.4 Å². The predicted octanol–water partition coefficient (Wildman–Crippen LogP) is 4.63. The van der Waals surface area contributed by atoms with Crippen LogP contribution in [0.2, 0.25) is 0 Å². The fraction of sp³-hybridized carbons (Fsp3) is 0.364. The van der Waals surface area contributed by atoms with E-state index >= 15 is 0 Å². The Morgan fingerprint density at radius 1 is 1.26 bits per heavy atom. The molecule has 0 bridgehead atoms. The van der Waals surface area contributed by atoms with Crippen LogP contribution in [0.1, 0.15) is 33.1 Å². The van der Waals surface area contributed by atoms with Crippen LogP contribution in [0.3, 0.4) is 0 Å². The third-order valence-electron chi connectivity index (χ3n) is 4.85. The average molecular weight is 365 g/mol. The molecule has 1 aromatic heterocycles. The van der Waals surface area contributed by atoms with E-state index in [2.05, 4.69) is 28.2 Å². The number of amides is 1. The van der Waals surface area contributed by atoms with Gasteiger partial charge in [0, 0.05) is 18.4 Å². The Labute approximate surface area is 161 Å². The lowest BCUT2D eigenvalue weighted by Gasteiger charge is -2.34. The van der Waals surface area contributed by atoms with Gasteiger partial charge in [0.1, 0.15) is 11.5 Å². The van der Waals surface area contributed by atoms with Crippen molar-refractivity contribution < 1.29 is 9.53 Å². The molecule has 27 heavy (non-hydrogen) atoms. The van der Waals surface area contributed by atoms with Crippen molar-refractivity contribution in [2.24, 2.45) is 0 Å². The Balaban J connectivity index is 1.61. The number of anilines is 1. The van der Waals surface area contributed by atoms with Crippen molar-refractivity contribution in [1.82, 2.24) is 9.88 Å². The fourth-order valence-electron chi connectivity index (χ4n) is 3.26. The van der Waals surface area contributed by atoms with Gasteiger partial charge in [0.25, 0.3) is 0 Å². The van der Waals surface area contributed by atoms with Gasteiger partial charge in [-0.3, -0.25) is 14.7 Å². The van der Waals surface area contributed by atoms with Gasteiger partial charge in [-0.05, 0) is 69.6 Å². The number of rotatable bonds is 6. The normalized spacial score (nSPS) is 18.1. The lowest BCUT2D eigenvalue weighted by atomic mass is 10.0. The van der Waals surface area contributed by atoms with Crippen LogP contribution in [0.5, 0.6) is 11.5 Å². The van der Waals surface area contributed by atoms with Gasteiger partial charge in [-0.1, -0.05) is 18.1 Å². The Morgan fingerprint density at radius 2 is 2.07 bits per heavy atom. The zero-order chi connectivity index (χ0) is 19.1. The second-order valence-electron chi connectivity index (χ2n) is 6.92. The van der Waals surface area contributed by atoms with E-state index in [-0.39, 0.29) is 11.9 Å². The van der Waals surface area contributed by atoms with E-state index in [1.165, 1.54) is 5.57 Å². The standard InChI is InChI=1S/C22H27N3O2/c1-3-17(2)16-25-14-5-4-8-21(25)22(26)24-18-9-11-19(12-10-18)27-20-7-6-13-23-15-20/h3,6-7,9-13,15,21H,4-5,8,14,16H2,1-2H3,(H,24,26)/b17-3+. The molecule has 0 saturated carbocycles. The Hall–Kier alpha value is -2.66. The summed E-state index contributed by atoms with van der Waals surface area (Å²) in [6.07, 6.45) is 8.65. The number of piperidine rings is 1. The average Bonchev–Trinajstić information content (AvgIpc) is 2.70. The summed E-state index contributed by atoms with van der Waals surface area (Å²) in [4.78, 5) is 19.1. The monoisotopic (exact) mass is 365 g/mol. The minimum Gasteiger partial charge on any atom is -0.456 e. The van der Waals surface area contributed by atoms with Gasteiger partial charge in [-0.15, -0.1) is 0 Å². The molecule has 1 fully saturated rings. The molecule has 5 nitrogen and oxygen atoms in total. The number of allylic oxidation sites excluding steroid dienone is 1. The first kappa shape index (κ1) is 19.1. The Bertz CT molecular complexity index is 772. The van der Waals surface area contributed by atoms with Crippen molar-refractivity contribution in [2.45, 2.75) is 39.2 Å².